The second-order valence-electron chi connectivity index (χ2n) is 5.04. The van der Waals surface area contributed by atoms with Crippen LogP contribution >= 0.6 is 0 Å². The Labute approximate surface area is 102 Å². The molecule has 0 radical (unpaired) electrons. The van der Waals surface area contributed by atoms with Crippen LogP contribution in [0.2, 0.25) is 0 Å². The van der Waals surface area contributed by atoms with Crippen LogP contribution in [0.3, 0.4) is 0 Å². The zero-order chi connectivity index (χ0) is 12.4. The van der Waals surface area contributed by atoms with Gasteiger partial charge in [-0.05, 0) is 32.6 Å². The van der Waals surface area contributed by atoms with E-state index in [-0.39, 0.29) is 5.91 Å². The van der Waals surface area contributed by atoms with Crippen molar-refractivity contribution in [3.8, 4) is 0 Å². The zero-order valence-electron chi connectivity index (χ0n) is 10.7. The van der Waals surface area contributed by atoms with Gasteiger partial charge in [-0.15, -0.1) is 0 Å². The summed E-state index contributed by atoms with van der Waals surface area (Å²) < 4.78 is 5.02. The molecular weight excluding hydrogens is 216 g/mol. The predicted molar refractivity (Wildman–Crippen MR) is 64.9 cm³/mol. The highest BCUT2D eigenvalue weighted by Gasteiger charge is 2.25. The number of hydrogen-bond acceptors (Lipinski definition) is 3. The van der Waals surface area contributed by atoms with Gasteiger partial charge in [0.05, 0.1) is 5.69 Å². The highest BCUT2D eigenvalue weighted by Crippen LogP contribution is 2.24. The van der Waals surface area contributed by atoms with Gasteiger partial charge in [-0.25, -0.2) is 0 Å². The fraction of sp³-hybridized carbons (Fsp3) is 0.692. The Hall–Kier alpha value is -1.32. The summed E-state index contributed by atoms with van der Waals surface area (Å²) in [6, 6.07) is 0.296. The third kappa shape index (κ3) is 2.51. The number of aryl methyl sites for hydroxylation is 2. The first-order chi connectivity index (χ1) is 8.09. The van der Waals surface area contributed by atoms with Crippen LogP contribution in [0.1, 0.15) is 54.4 Å². The van der Waals surface area contributed by atoms with Crippen LogP contribution in [-0.4, -0.2) is 17.1 Å². The summed E-state index contributed by atoms with van der Waals surface area (Å²) in [5.41, 5.74) is 1.27. The number of nitrogens with one attached hydrogen (secondary N) is 1. The molecule has 1 amide bonds. The molecule has 0 aliphatic heterocycles. The normalized spacial score (nSPS) is 24.6. The minimum atomic E-state index is -0.0417. The number of carbonyl (C=O) groups excluding carboxylic acids is 1. The molecule has 1 aliphatic rings. The SMILES string of the molecule is Cc1noc(C)c1C(=O)NC1CCCCC1C. The average molecular weight is 236 g/mol. The standard InChI is InChI=1S/C13H20N2O2/c1-8-6-4-5-7-11(8)14-13(16)12-9(2)15-17-10(12)3/h8,11H,4-7H2,1-3H3,(H,14,16). The van der Waals surface area contributed by atoms with Gasteiger partial charge in [-0.1, -0.05) is 24.9 Å². The zero-order valence-corrected chi connectivity index (χ0v) is 10.7. The molecule has 2 rings (SSSR count). The molecule has 17 heavy (non-hydrogen) atoms. The number of carbonyl (C=O) groups is 1. The van der Waals surface area contributed by atoms with E-state index in [0.29, 0.717) is 29.0 Å². The lowest BCUT2D eigenvalue weighted by molar-refractivity contribution is 0.0908. The molecule has 4 nitrogen and oxygen atoms in total. The van der Waals surface area contributed by atoms with Crippen LogP contribution in [-0.2, 0) is 0 Å². The van der Waals surface area contributed by atoms with E-state index in [1.54, 1.807) is 13.8 Å². The maximum absolute atomic E-state index is 12.2. The summed E-state index contributed by atoms with van der Waals surface area (Å²) in [5, 5.41) is 6.93. The van der Waals surface area contributed by atoms with Crippen molar-refractivity contribution in [3.05, 3.63) is 17.0 Å². The molecule has 1 fully saturated rings. The number of aromatic nitrogens is 1. The van der Waals surface area contributed by atoms with E-state index < -0.39 is 0 Å². The van der Waals surface area contributed by atoms with Crippen LogP contribution in [0.25, 0.3) is 0 Å². The highest BCUT2D eigenvalue weighted by atomic mass is 16.5. The van der Waals surface area contributed by atoms with Gasteiger partial charge in [0.1, 0.15) is 11.3 Å². The van der Waals surface area contributed by atoms with Gasteiger partial charge in [-0.2, -0.15) is 0 Å². The van der Waals surface area contributed by atoms with E-state index in [9.17, 15) is 4.79 Å². The summed E-state index contributed by atoms with van der Waals surface area (Å²) in [6.07, 6.45) is 4.76. The lowest BCUT2D eigenvalue weighted by Gasteiger charge is -2.29. The summed E-state index contributed by atoms with van der Waals surface area (Å²) in [4.78, 5) is 12.2. The Kier molecular flexibility index (Phi) is 3.50. The van der Waals surface area contributed by atoms with Crippen LogP contribution in [0.4, 0.5) is 0 Å². The molecule has 0 aromatic carbocycles. The quantitative estimate of drug-likeness (QED) is 0.858. The Balaban J connectivity index is 2.06. The third-order valence-electron chi connectivity index (χ3n) is 3.69. The summed E-state index contributed by atoms with van der Waals surface area (Å²) >= 11 is 0. The largest absolute Gasteiger partial charge is 0.361 e. The van der Waals surface area contributed by atoms with Crippen molar-refractivity contribution in [3.63, 3.8) is 0 Å². The van der Waals surface area contributed by atoms with Gasteiger partial charge >= 0.3 is 0 Å². The van der Waals surface area contributed by atoms with Gasteiger partial charge in [0.25, 0.3) is 5.91 Å². The predicted octanol–water partition coefficient (Wildman–Crippen LogP) is 2.60. The van der Waals surface area contributed by atoms with E-state index in [4.69, 9.17) is 4.52 Å². The summed E-state index contributed by atoms with van der Waals surface area (Å²) in [6.45, 7) is 5.78. The summed E-state index contributed by atoms with van der Waals surface area (Å²) in [7, 11) is 0. The molecule has 1 heterocycles. The molecule has 1 aromatic rings. The molecule has 0 spiro atoms. The number of amides is 1. The van der Waals surface area contributed by atoms with E-state index >= 15 is 0 Å². The Morgan fingerprint density at radius 1 is 1.35 bits per heavy atom. The molecule has 2 atom stereocenters. The van der Waals surface area contributed by atoms with Crippen molar-refractivity contribution in [1.29, 1.82) is 0 Å². The highest BCUT2D eigenvalue weighted by molar-refractivity contribution is 5.96. The van der Waals surface area contributed by atoms with Crippen LogP contribution in [0.15, 0.2) is 4.52 Å². The van der Waals surface area contributed by atoms with Gasteiger partial charge in [-0.3, -0.25) is 4.79 Å². The molecule has 1 saturated carbocycles. The van der Waals surface area contributed by atoms with Crippen LogP contribution < -0.4 is 5.32 Å². The lowest BCUT2D eigenvalue weighted by Crippen LogP contribution is -2.41. The van der Waals surface area contributed by atoms with Gasteiger partial charge < -0.3 is 9.84 Å². The lowest BCUT2D eigenvalue weighted by atomic mass is 9.86. The molecule has 94 valence electrons. The van der Waals surface area contributed by atoms with Crippen LogP contribution in [0, 0.1) is 19.8 Å². The maximum atomic E-state index is 12.2. The van der Waals surface area contributed by atoms with Gasteiger partial charge in [0.15, 0.2) is 0 Å². The minimum absolute atomic E-state index is 0.0417. The molecule has 2 unspecified atom stereocenters. The second kappa shape index (κ2) is 4.90. The first-order valence-electron chi connectivity index (χ1n) is 6.33. The molecule has 1 N–H and O–H groups in total. The number of rotatable bonds is 2. The van der Waals surface area contributed by atoms with Crippen molar-refractivity contribution in [2.24, 2.45) is 5.92 Å². The Morgan fingerprint density at radius 2 is 2.06 bits per heavy atom. The fourth-order valence-electron chi connectivity index (χ4n) is 2.58. The fourth-order valence-corrected chi connectivity index (χ4v) is 2.58. The molecule has 4 heteroatoms. The maximum Gasteiger partial charge on any atom is 0.257 e. The van der Waals surface area contributed by atoms with Crippen molar-refractivity contribution >= 4 is 5.91 Å². The van der Waals surface area contributed by atoms with Crippen molar-refractivity contribution in [1.82, 2.24) is 10.5 Å². The molecule has 0 saturated heterocycles. The molecule has 0 bridgehead atoms. The molecule has 1 aliphatic carbocycles. The van der Waals surface area contributed by atoms with Crippen molar-refractivity contribution in [2.45, 2.75) is 52.5 Å². The topological polar surface area (TPSA) is 55.1 Å². The minimum Gasteiger partial charge on any atom is -0.361 e. The van der Waals surface area contributed by atoms with Gasteiger partial charge in [0.2, 0.25) is 0 Å². The van der Waals surface area contributed by atoms with Crippen LogP contribution in [0.5, 0.6) is 0 Å². The Morgan fingerprint density at radius 3 is 2.65 bits per heavy atom. The first-order valence-corrected chi connectivity index (χ1v) is 6.33. The smallest absolute Gasteiger partial charge is 0.257 e. The molecule has 1 aromatic heterocycles. The van der Waals surface area contributed by atoms with Crippen molar-refractivity contribution in [2.75, 3.05) is 0 Å². The monoisotopic (exact) mass is 236 g/mol. The third-order valence-corrected chi connectivity index (χ3v) is 3.69. The Bertz CT molecular complexity index is 392. The van der Waals surface area contributed by atoms with E-state index in [0.717, 1.165) is 6.42 Å². The van der Waals surface area contributed by atoms with E-state index in [1.165, 1.54) is 19.3 Å². The van der Waals surface area contributed by atoms with E-state index in [1.807, 2.05) is 0 Å². The summed E-state index contributed by atoms with van der Waals surface area (Å²) in [5.74, 6) is 1.12. The molecular formula is C13H20N2O2. The van der Waals surface area contributed by atoms with Gasteiger partial charge in [0, 0.05) is 6.04 Å². The first kappa shape index (κ1) is 12.1. The number of nitrogens with zero attached hydrogens (tertiary/aromatic N) is 1. The second-order valence-corrected chi connectivity index (χ2v) is 5.04. The van der Waals surface area contributed by atoms with E-state index in [2.05, 4.69) is 17.4 Å². The van der Waals surface area contributed by atoms with Crippen molar-refractivity contribution < 1.29 is 9.32 Å². The average Bonchev–Trinajstić information content (AvgIpc) is 2.62. The number of hydrogen-bond donors (Lipinski definition) is 1.